The van der Waals surface area contributed by atoms with Crippen molar-refractivity contribution in [3.63, 3.8) is 0 Å². The van der Waals surface area contributed by atoms with Crippen molar-refractivity contribution in [2.24, 2.45) is 0 Å². The lowest BCUT2D eigenvalue weighted by Gasteiger charge is -2.13. The maximum Gasteiger partial charge on any atom is 0.237 e. The molecule has 0 aliphatic heterocycles. The molecule has 150 valence electrons. The van der Waals surface area contributed by atoms with Crippen LogP contribution in [0.5, 0.6) is 0 Å². The zero-order valence-corrected chi connectivity index (χ0v) is 17.2. The van der Waals surface area contributed by atoms with E-state index >= 15 is 0 Å². The topological polar surface area (TPSA) is 76.9 Å². The smallest absolute Gasteiger partial charge is 0.237 e. The molecule has 8 heteroatoms. The van der Waals surface area contributed by atoms with E-state index in [0.29, 0.717) is 28.8 Å². The Kier molecular flexibility index (Phi) is 6.43. The highest BCUT2D eigenvalue weighted by molar-refractivity contribution is 8.00. The van der Waals surface area contributed by atoms with Crippen LogP contribution >= 0.6 is 11.8 Å². The van der Waals surface area contributed by atoms with Gasteiger partial charge in [0.2, 0.25) is 5.91 Å². The number of ketones is 1. The van der Waals surface area contributed by atoms with Gasteiger partial charge in [-0.1, -0.05) is 11.8 Å². The third-order valence-electron chi connectivity index (χ3n) is 4.35. The minimum absolute atomic E-state index is 0.0253. The SMILES string of the molecule is CCn1c(SC(C)C(=O)Nc2ccc(C(C)=O)cc2)nnc1-c1ccc(F)cc1. The van der Waals surface area contributed by atoms with Crippen LogP contribution in [0.15, 0.2) is 53.7 Å². The quantitative estimate of drug-likeness (QED) is 0.459. The molecule has 0 bridgehead atoms. The molecule has 0 saturated heterocycles. The van der Waals surface area contributed by atoms with Crippen LogP contribution in [0.25, 0.3) is 11.4 Å². The monoisotopic (exact) mass is 412 g/mol. The molecule has 1 heterocycles. The molecule has 29 heavy (non-hydrogen) atoms. The Labute approximate surface area is 172 Å². The van der Waals surface area contributed by atoms with Gasteiger partial charge in [-0.15, -0.1) is 10.2 Å². The van der Waals surface area contributed by atoms with Gasteiger partial charge in [0.05, 0.1) is 5.25 Å². The van der Waals surface area contributed by atoms with E-state index in [1.807, 2.05) is 11.5 Å². The molecule has 3 rings (SSSR count). The van der Waals surface area contributed by atoms with Crippen molar-refractivity contribution in [2.75, 3.05) is 5.32 Å². The van der Waals surface area contributed by atoms with Crippen LogP contribution in [-0.4, -0.2) is 31.7 Å². The summed E-state index contributed by atoms with van der Waals surface area (Å²) < 4.78 is 15.1. The van der Waals surface area contributed by atoms with Gasteiger partial charge in [-0.25, -0.2) is 4.39 Å². The van der Waals surface area contributed by atoms with E-state index in [4.69, 9.17) is 0 Å². The molecule has 6 nitrogen and oxygen atoms in total. The Hall–Kier alpha value is -3.00. The molecule has 0 aliphatic carbocycles. The molecule has 0 fully saturated rings. The fraction of sp³-hybridized carbons (Fsp3) is 0.238. The number of Topliss-reactive ketones (excluding diaryl/α,β-unsaturated/α-hetero) is 1. The molecular formula is C21H21FN4O2S. The summed E-state index contributed by atoms with van der Waals surface area (Å²) in [7, 11) is 0. The Balaban J connectivity index is 1.71. The number of nitrogens with one attached hydrogen (secondary N) is 1. The van der Waals surface area contributed by atoms with Crippen LogP contribution in [0.1, 0.15) is 31.1 Å². The number of carbonyl (C=O) groups is 2. The van der Waals surface area contributed by atoms with Crippen molar-refractivity contribution >= 4 is 29.1 Å². The van der Waals surface area contributed by atoms with E-state index in [9.17, 15) is 14.0 Å². The molecule has 1 atom stereocenters. The second-order valence-electron chi connectivity index (χ2n) is 6.44. The first kappa shape index (κ1) is 20.7. The number of thioether (sulfide) groups is 1. The number of nitrogens with zero attached hydrogens (tertiary/aromatic N) is 3. The number of carbonyl (C=O) groups excluding carboxylic acids is 2. The summed E-state index contributed by atoms with van der Waals surface area (Å²) in [5.41, 5.74) is 1.97. The van der Waals surface area contributed by atoms with E-state index in [0.717, 1.165) is 5.56 Å². The maximum absolute atomic E-state index is 13.2. The summed E-state index contributed by atoms with van der Waals surface area (Å²) in [6.45, 7) is 5.86. The predicted molar refractivity (Wildman–Crippen MR) is 111 cm³/mol. The number of rotatable bonds is 7. The third kappa shape index (κ3) is 4.89. The average molecular weight is 412 g/mol. The first-order valence-corrected chi connectivity index (χ1v) is 10.0. The zero-order valence-electron chi connectivity index (χ0n) is 16.3. The van der Waals surface area contributed by atoms with Crippen molar-refractivity contribution in [2.45, 2.75) is 37.7 Å². The molecule has 0 spiro atoms. The molecule has 1 N–H and O–H groups in total. The summed E-state index contributed by atoms with van der Waals surface area (Å²) in [4.78, 5) is 23.9. The highest BCUT2D eigenvalue weighted by Gasteiger charge is 2.20. The molecule has 0 radical (unpaired) electrons. The van der Waals surface area contributed by atoms with E-state index in [2.05, 4.69) is 15.5 Å². The fourth-order valence-electron chi connectivity index (χ4n) is 2.72. The van der Waals surface area contributed by atoms with E-state index in [1.54, 1.807) is 43.3 Å². The molecule has 0 aliphatic rings. The number of aromatic nitrogens is 3. The van der Waals surface area contributed by atoms with E-state index < -0.39 is 5.25 Å². The van der Waals surface area contributed by atoms with Gasteiger partial charge in [0.1, 0.15) is 5.82 Å². The third-order valence-corrected chi connectivity index (χ3v) is 5.43. The largest absolute Gasteiger partial charge is 0.325 e. The molecular weight excluding hydrogens is 391 g/mol. The Morgan fingerprint density at radius 2 is 1.76 bits per heavy atom. The first-order chi connectivity index (χ1) is 13.9. The van der Waals surface area contributed by atoms with E-state index in [1.165, 1.54) is 30.8 Å². The van der Waals surface area contributed by atoms with Crippen molar-refractivity contribution in [1.82, 2.24) is 14.8 Å². The summed E-state index contributed by atoms with van der Waals surface area (Å²) in [5.74, 6) is 0.109. The lowest BCUT2D eigenvalue weighted by atomic mass is 10.1. The minimum Gasteiger partial charge on any atom is -0.325 e. The number of halogens is 1. The second kappa shape index (κ2) is 9.00. The molecule has 1 unspecified atom stereocenters. The standard InChI is InChI=1S/C21H21FN4O2S/c1-4-26-19(16-5-9-17(22)10-6-16)24-25-21(26)29-14(3)20(28)23-18-11-7-15(8-12-18)13(2)27/h5-12,14H,4H2,1-3H3,(H,23,28). The highest BCUT2D eigenvalue weighted by atomic mass is 32.2. The van der Waals surface area contributed by atoms with Gasteiger partial charge in [0, 0.05) is 23.4 Å². The predicted octanol–water partition coefficient (Wildman–Crippen LogP) is 4.43. The summed E-state index contributed by atoms with van der Waals surface area (Å²) in [6.07, 6.45) is 0. The highest BCUT2D eigenvalue weighted by Crippen LogP contribution is 2.27. The van der Waals surface area contributed by atoms with Gasteiger partial charge in [-0.2, -0.15) is 0 Å². The van der Waals surface area contributed by atoms with Gasteiger partial charge in [-0.3, -0.25) is 9.59 Å². The lowest BCUT2D eigenvalue weighted by molar-refractivity contribution is -0.115. The van der Waals surface area contributed by atoms with Crippen LogP contribution in [0.4, 0.5) is 10.1 Å². The number of anilines is 1. The zero-order chi connectivity index (χ0) is 21.0. The fourth-order valence-corrected chi connectivity index (χ4v) is 3.63. The van der Waals surface area contributed by atoms with Crippen molar-refractivity contribution in [3.8, 4) is 11.4 Å². The van der Waals surface area contributed by atoms with Crippen LogP contribution < -0.4 is 5.32 Å². The van der Waals surface area contributed by atoms with Crippen molar-refractivity contribution in [3.05, 3.63) is 59.9 Å². The van der Waals surface area contributed by atoms with Crippen LogP contribution in [0.2, 0.25) is 0 Å². The lowest BCUT2D eigenvalue weighted by Crippen LogP contribution is -2.23. The van der Waals surface area contributed by atoms with Crippen LogP contribution in [0.3, 0.4) is 0 Å². The molecule has 1 amide bonds. The Morgan fingerprint density at radius 3 is 2.34 bits per heavy atom. The number of amides is 1. The second-order valence-corrected chi connectivity index (χ2v) is 7.75. The number of hydrogen-bond acceptors (Lipinski definition) is 5. The van der Waals surface area contributed by atoms with Gasteiger partial charge in [0.15, 0.2) is 16.8 Å². The van der Waals surface area contributed by atoms with Gasteiger partial charge in [-0.05, 0) is 69.3 Å². The summed E-state index contributed by atoms with van der Waals surface area (Å²) >= 11 is 1.30. The Morgan fingerprint density at radius 1 is 1.10 bits per heavy atom. The number of hydrogen-bond donors (Lipinski definition) is 1. The van der Waals surface area contributed by atoms with Crippen molar-refractivity contribution < 1.29 is 14.0 Å². The van der Waals surface area contributed by atoms with Gasteiger partial charge >= 0.3 is 0 Å². The van der Waals surface area contributed by atoms with Gasteiger partial charge < -0.3 is 9.88 Å². The van der Waals surface area contributed by atoms with Crippen LogP contribution in [0, 0.1) is 5.82 Å². The minimum atomic E-state index is -0.418. The normalized spacial score (nSPS) is 11.9. The van der Waals surface area contributed by atoms with Crippen LogP contribution in [-0.2, 0) is 11.3 Å². The molecule has 1 aromatic heterocycles. The average Bonchev–Trinajstić information content (AvgIpc) is 3.11. The Bertz CT molecular complexity index is 1020. The maximum atomic E-state index is 13.2. The summed E-state index contributed by atoms with van der Waals surface area (Å²) in [5, 5.41) is 11.5. The molecule has 2 aromatic carbocycles. The summed E-state index contributed by atoms with van der Waals surface area (Å²) in [6, 6.07) is 12.8. The first-order valence-electron chi connectivity index (χ1n) is 9.16. The molecule has 0 saturated carbocycles. The molecule has 3 aromatic rings. The van der Waals surface area contributed by atoms with Gasteiger partial charge in [0.25, 0.3) is 0 Å². The van der Waals surface area contributed by atoms with E-state index in [-0.39, 0.29) is 17.5 Å². The van der Waals surface area contributed by atoms with Crippen molar-refractivity contribution in [1.29, 1.82) is 0 Å². The number of benzene rings is 2.